The summed E-state index contributed by atoms with van der Waals surface area (Å²) >= 11 is 6.52. The Morgan fingerprint density at radius 1 is 1.22 bits per heavy atom. The number of nitrogens with one attached hydrogen (secondary N) is 1. The maximum atomic E-state index is 9.57. The first-order valence-electron chi connectivity index (χ1n) is 5.05. The fourth-order valence-corrected chi connectivity index (χ4v) is 2.48. The van der Waals surface area contributed by atoms with E-state index in [2.05, 4.69) is 47.4 Å². The van der Waals surface area contributed by atoms with Crippen molar-refractivity contribution in [1.29, 1.82) is 0 Å². The first kappa shape index (κ1) is 13.0. The fraction of sp³-hybridized carbons (Fsp3) is 0. The molecule has 92 valence electrons. The molecule has 0 bridgehead atoms. The number of nitrogens with zero attached hydrogens (tertiary/aromatic N) is 2. The molecule has 0 aliphatic carbocycles. The van der Waals surface area contributed by atoms with E-state index in [9.17, 15) is 5.11 Å². The van der Waals surface area contributed by atoms with Gasteiger partial charge in [-0.2, -0.15) is 5.10 Å². The van der Waals surface area contributed by atoms with Gasteiger partial charge in [0, 0.05) is 6.20 Å². The predicted molar refractivity (Wildman–Crippen MR) is 79.0 cm³/mol. The van der Waals surface area contributed by atoms with Gasteiger partial charge in [0.1, 0.15) is 11.6 Å². The van der Waals surface area contributed by atoms with Gasteiger partial charge >= 0.3 is 0 Å². The molecule has 4 nitrogen and oxygen atoms in total. The number of rotatable bonds is 3. The highest BCUT2D eigenvalue weighted by Gasteiger charge is 2.04. The Morgan fingerprint density at radius 2 is 1.94 bits per heavy atom. The van der Waals surface area contributed by atoms with Gasteiger partial charge in [0.15, 0.2) is 0 Å². The monoisotopic (exact) mass is 369 g/mol. The minimum Gasteiger partial charge on any atom is -0.506 e. The van der Waals surface area contributed by atoms with Gasteiger partial charge in [0.05, 0.1) is 15.2 Å². The summed E-state index contributed by atoms with van der Waals surface area (Å²) in [4.78, 5) is 4.08. The minimum absolute atomic E-state index is 0.171. The van der Waals surface area contributed by atoms with E-state index in [0.29, 0.717) is 14.8 Å². The van der Waals surface area contributed by atoms with Gasteiger partial charge in [-0.3, -0.25) is 5.43 Å². The summed E-state index contributed by atoms with van der Waals surface area (Å²) in [5, 5.41) is 13.6. The summed E-state index contributed by atoms with van der Waals surface area (Å²) in [5.74, 6) is 0.843. The van der Waals surface area contributed by atoms with E-state index >= 15 is 0 Å². The average Bonchev–Trinajstić information content (AvgIpc) is 2.37. The van der Waals surface area contributed by atoms with Crippen LogP contribution in [0.1, 0.15) is 5.56 Å². The van der Waals surface area contributed by atoms with Crippen molar-refractivity contribution in [3.63, 3.8) is 0 Å². The standard InChI is InChI=1S/C12H9Br2N3O/c13-9-5-8(6-10(14)12(9)18)7-16-17-11-3-1-2-4-15-11/h1-7,18H,(H,15,17). The van der Waals surface area contributed by atoms with E-state index in [1.54, 1.807) is 24.5 Å². The Kier molecular flexibility index (Phi) is 4.33. The highest BCUT2D eigenvalue weighted by molar-refractivity contribution is 9.11. The highest BCUT2D eigenvalue weighted by atomic mass is 79.9. The molecule has 0 unspecified atom stereocenters. The van der Waals surface area contributed by atoms with Gasteiger partial charge in [-0.05, 0) is 61.7 Å². The molecule has 0 atom stereocenters. The Hall–Kier alpha value is -1.40. The summed E-state index contributed by atoms with van der Waals surface area (Å²) in [5.41, 5.74) is 3.65. The summed E-state index contributed by atoms with van der Waals surface area (Å²) in [6, 6.07) is 9.06. The maximum Gasteiger partial charge on any atom is 0.146 e. The summed E-state index contributed by atoms with van der Waals surface area (Å²) < 4.78 is 1.22. The molecule has 2 rings (SSSR count). The number of aromatic hydroxyl groups is 1. The molecule has 0 spiro atoms. The van der Waals surface area contributed by atoms with E-state index in [4.69, 9.17) is 0 Å². The molecule has 0 saturated carbocycles. The van der Waals surface area contributed by atoms with Crippen LogP contribution < -0.4 is 5.43 Å². The number of hydrogen-bond acceptors (Lipinski definition) is 4. The predicted octanol–water partition coefficient (Wildman–Crippen LogP) is 3.76. The van der Waals surface area contributed by atoms with Crippen LogP contribution in [-0.4, -0.2) is 16.3 Å². The number of phenols is 1. The van der Waals surface area contributed by atoms with E-state index in [1.807, 2.05) is 18.2 Å². The molecule has 0 radical (unpaired) electrons. The number of anilines is 1. The lowest BCUT2D eigenvalue weighted by Gasteiger charge is -2.02. The third-order valence-corrected chi connectivity index (χ3v) is 3.31. The first-order chi connectivity index (χ1) is 8.66. The number of aromatic nitrogens is 1. The van der Waals surface area contributed by atoms with E-state index in [-0.39, 0.29) is 5.75 Å². The van der Waals surface area contributed by atoms with Gasteiger partial charge in [-0.25, -0.2) is 4.98 Å². The van der Waals surface area contributed by atoms with E-state index in [1.165, 1.54) is 0 Å². The molecular weight excluding hydrogens is 362 g/mol. The average molecular weight is 371 g/mol. The number of pyridine rings is 1. The van der Waals surface area contributed by atoms with Crippen LogP contribution in [0.15, 0.2) is 50.6 Å². The van der Waals surface area contributed by atoms with E-state index in [0.717, 1.165) is 5.56 Å². The lowest BCUT2D eigenvalue weighted by atomic mass is 10.2. The molecule has 6 heteroatoms. The maximum absolute atomic E-state index is 9.57. The van der Waals surface area contributed by atoms with Gasteiger partial charge in [0.2, 0.25) is 0 Å². The molecule has 0 fully saturated rings. The molecule has 0 aliphatic heterocycles. The molecule has 2 N–H and O–H groups in total. The van der Waals surface area contributed by atoms with Crippen LogP contribution in [0.3, 0.4) is 0 Å². The number of benzene rings is 1. The number of hydrazone groups is 1. The second-order valence-electron chi connectivity index (χ2n) is 3.42. The number of phenolic OH excluding ortho intramolecular Hbond substituents is 1. The van der Waals surface area contributed by atoms with E-state index < -0.39 is 0 Å². The summed E-state index contributed by atoms with van der Waals surface area (Å²) in [6.45, 7) is 0. The smallest absolute Gasteiger partial charge is 0.146 e. The SMILES string of the molecule is Oc1c(Br)cc(C=NNc2ccccn2)cc1Br. The van der Waals surface area contributed by atoms with Crippen molar-refractivity contribution >= 4 is 43.9 Å². The van der Waals surface area contributed by atoms with Crippen molar-refractivity contribution in [2.24, 2.45) is 5.10 Å². The lowest BCUT2D eigenvalue weighted by Crippen LogP contribution is -1.92. The third-order valence-electron chi connectivity index (χ3n) is 2.10. The van der Waals surface area contributed by atoms with Crippen LogP contribution in [0.5, 0.6) is 5.75 Å². The number of hydrogen-bond donors (Lipinski definition) is 2. The molecule has 1 aromatic heterocycles. The van der Waals surface area contributed by atoms with Crippen LogP contribution >= 0.6 is 31.9 Å². The molecule has 0 saturated heterocycles. The lowest BCUT2D eigenvalue weighted by molar-refractivity contribution is 0.468. The van der Waals surface area contributed by atoms with Crippen LogP contribution in [0.25, 0.3) is 0 Å². The molecule has 1 aromatic carbocycles. The molecule has 2 aromatic rings. The second-order valence-corrected chi connectivity index (χ2v) is 5.13. The third kappa shape index (κ3) is 3.30. The van der Waals surface area contributed by atoms with Crippen molar-refractivity contribution in [3.05, 3.63) is 51.0 Å². The van der Waals surface area contributed by atoms with Crippen molar-refractivity contribution in [1.82, 2.24) is 4.98 Å². The topological polar surface area (TPSA) is 57.5 Å². The number of halogens is 2. The van der Waals surface area contributed by atoms with Gasteiger partial charge in [-0.1, -0.05) is 6.07 Å². The first-order valence-corrected chi connectivity index (χ1v) is 6.63. The normalized spacial score (nSPS) is 10.8. The quantitative estimate of drug-likeness (QED) is 0.638. The molecule has 18 heavy (non-hydrogen) atoms. The second kappa shape index (κ2) is 5.97. The molecular formula is C12H9Br2N3O. The van der Waals surface area contributed by atoms with Crippen molar-refractivity contribution in [3.8, 4) is 5.75 Å². The van der Waals surface area contributed by atoms with Crippen molar-refractivity contribution < 1.29 is 5.11 Å². The molecule has 1 heterocycles. The largest absolute Gasteiger partial charge is 0.506 e. The Bertz CT molecular complexity index is 550. The zero-order valence-electron chi connectivity index (χ0n) is 9.14. The van der Waals surface area contributed by atoms with Gasteiger partial charge < -0.3 is 5.11 Å². The van der Waals surface area contributed by atoms with Crippen molar-refractivity contribution in [2.75, 3.05) is 5.43 Å². The summed E-state index contributed by atoms with van der Waals surface area (Å²) in [7, 11) is 0. The van der Waals surface area contributed by atoms with Crippen LogP contribution in [-0.2, 0) is 0 Å². The summed E-state index contributed by atoms with van der Waals surface area (Å²) in [6.07, 6.45) is 3.33. The zero-order chi connectivity index (χ0) is 13.0. The van der Waals surface area contributed by atoms with Crippen LogP contribution in [0.2, 0.25) is 0 Å². The van der Waals surface area contributed by atoms with Gasteiger partial charge in [-0.15, -0.1) is 0 Å². The van der Waals surface area contributed by atoms with Crippen LogP contribution in [0, 0.1) is 0 Å². The minimum atomic E-state index is 0.171. The highest BCUT2D eigenvalue weighted by Crippen LogP contribution is 2.32. The zero-order valence-corrected chi connectivity index (χ0v) is 12.3. The van der Waals surface area contributed by atoms with Crippen molar-refractivity contribution in [2.45, 2.75) is 0 Å². The molecule has 0 aliphatic rings. The Balaban J connectivity index is 2.10. The Morgan fingerprint density at radius 3 is 2.56 bits per heavy atom. The van der Waals surface area contributed by atoms with Crippen LogP contribution in [0.4, 0.5) is 5.82 Å². The fourth-order valence-electron chi connectivity index (χ4n) is 1.26. The molecule has 0 amide bonds. The van der Waals surface area contributed by atoms with Gasteiger partial charge in [0.25, 0.3) is 0 Å². The Labute approximate surface area is 121 Å².